The fourth-order valence-corrected chi connectivity index (χ4v) is 4.64. The summed E-state index contributed by atoms with van der Waals surface area (Å²) >= 11 is 0. The summed E-state index contributed by atoms with van der Waals surface area (Å²) in [7, 11) is 0. The van der Waals surface area contributed by atoms with Crippen LogP contribution in [0.5, 0.6) is 0 Å². The van der Waals surface area contributed by atoms with E-state index in [1.165, 1.54) is 29.5 Å². The van der Waals surface area contributed by atoms with Crippen LogP contribution >= 0.6 is 0 Å². The molecule has 34 heavy (non-hydrogen) atoms. The number of nitrogens with one attached hydrogen (secondary N) is 1. The van der Waals surface area contributed by atoms with E-state index in [1.54, 1.807) is 0 Å². The molecule has 0 aliphatic carbocycles. The van der Waals surface area contributed by atoms with Crippen LogP contribution in [0.15, 0.2) is 59.4 Å². The van der Waals surface area contributed by atoms with Crippen LogP contribution in [0.3, 0.4) is 0 Å². The normalized spacial score (nSPS) is 11.6. The van der Waals surface area contributed by atoms with E-state index in [9.17, 15) is 4.79 Å². The zero-order valence-electron chi connectivity index (χ0n) is 19.8. The van der Waals surface area contributed by atoms with Gasteiger partial charge in [-0.3, -0.25) is 9.89 Å². The van der Waals surface area contributed by atoms with Gasteiger partial charge < -0.3 is 4.57 Å². The lowest BCUT2D eigenvalue weighted by Gasteiger charge is -2.07. The fraction of sp³-hybridized carbons (Fsp3) is 0.333. The van der Waals surface area contributed by atoms with Gasteiger partial charge in [-0.15, -0.1) is 10.2 Å². The van der Waals surface area contributed by atoms with Crippen molar-refractivity contribution >= 4 is 22.1 Å². The Bertz CT molecular complexity index is 1480. The molecular weight excluding hydrogens is 424 g/mol. The summed E-state index contributed by atoms with van der Waals surface area (Å²) in [4.78, 5) is 18.0. The molecule has 0 atom stereocenters. The van der Waals surface area contributed by atoms with Crippen molar-refractivity contribution < 1.29 is 0 Å². The van der Waals surface area contributed by atoms with E-state index in [-0.39, 0.29) is 11.5 Å². The van der Waals surface area contributed by atoms with Gasteiger partial charge in [-0.2, -0.15) is 9.67 Å². The molecule has 0 aliphatic heterocycles. The highest BCUT2D eigenvalue weighted by molar-refractivity contribution is 6.04. The monoisotopic (exact) mass is 454 g/mol. The first kappa shape index (κ1) is 22.1. The van der Waals surface area contributed by atoms with Gasteiger partial charge >= 0.3 is 0 Å². The van der Waals surface area contributed by atoms with Crippen molar-refractivity contribution in [1.82, 2.24) is 29.5 Å². The molecule has 0 fully saturated rings. The van der Waals surface area contributed by atoms with Gasteiger partial charge in [-0.1, -0.05) is 81.1 Å². The number of aryl methyl sites for hydroxylation is 1. The standard InChI is InChI=1S/C27H30N6O/c1-3-4-5-6-10-15-21-19(2)31-33(26(21)34)27-28-25-24(29-30-27)22-16-11-12-17-23(22)32(25)18-20-13-8-7-9-14-20/h7-9,11-14,16-17,31H,3-6,10,15,18H2,1-2H3. The zero-order valence-corrected chi connectivity index (χ0v) is 19.8. The highest BCUT2D eigenvalue weighted by Gasteiger charge is 2.18. The lowest BCUT2D eigenvalue weighted by Crippen LogP contribution is -2.20. The Hall–Kier alpha value is -3.74. The second-order valence-electron chi connectivity index (χ2n) is 8.89. The maximum atomic E-state index is 13.2. The van der Waals surface area contributed by atoms with Gasteiger partial charge in [0.2, 0.25) is 0 Å². The molecule has 174 valence electrons. The average Bonchev–Trinajstić information content (AvgIpc) is 3.33. The number of hydrogen-bond acceptors (Lipinski definition) is 4. The predicted molar refractivity (Wildman–Crippen MR) is 136 cm³/mol. The Balaban J connectivity index is 1.55. The van der Waals surface area contributed by atoms with Crippen molar-refractivity contribution in [3.05, 3.63) is 81.8 Å². The summed E-state index contributed by atoms with van der Waals surface area (Å²) in [6.45, 7) is 4.81. The van der Waals surface area contributed by atoms with Crippen LogP contribution in [-0.4, -0.2) is 29.5 Å². The van der Waals surface area contributed by atoms with E-state index in [1.807, 2.05) is 43.3 Å². The van der Waals surface area contributed by atoms with Gasteiger partial charge in [0.25, 0.3) is 11.5 Å². The smallest absolute Gasteiger partial charge is 0.277 e. The fourth-order valence-electron chi connectivity index (χ4n) is 4.64. The molecule has 0 saturated carbocycles. The van der Waals surface area contributed by atoms with E-state index < -0.39 is 0 Å². The molecule has 0 aliphatic rings. The summed E-state index contributed by atoms with van der Waals surface area (Å²) in [5.74, 6) is 0.273. The molecule has 1 N–H and O–H groups in total. The second kappa shape index (κ2) is 9.63. The third-order valence-corrected chi connectivity index (χ3v) is 6.47. The first-order valence-electron chi connectivity index (χ1n) is 12.1. The van der Waals surface area contributed by atoms with E-state index in [2.05, 4.69) is 45.0 Å². The first-order chi connectivity index (χ1) is 16.7. The minimum Gasteiger partial charge on any atom is -0.319 e. The molecule has 2 aromatic carbocycles. The SMILES string of the molecule is CCCCCCCc1c(C)[nH]n(-c2nnc3c4ccccc4n(Cc4ccccc4)c3n2)c1=O. The van der Waals surface area contributed by atoms with Crippen molar-refractivity contribution in [1.29, 1.82) is 0 Å². The number of unbranched alkanes of at least 4 members (excludes halogenated alkanes) is 4. The Morgan fingerprint density at radius 2 is 1.68 bits per heavy atom. The first-order valence-corrected chi connectivity index (χ1v) is 12.1. The number of fused-ring (bicyclic) bond motifs is 3. The maximum absolute atomic E-state index is 13.2. The number of nitrogens with zero attached hydrogens (tertiary/aromatic N) is 5. The van der Waals surface area contributed by atoms with Crippen LogP contribution in [0, 0.1) is 6.92 Å². The minimum atomic E-state index is -0.0835. The number of aromatic amines is 1. The molecule has 0 amide bonds. The molecule has 0 bridgehead atoms. The largest absolute Gasteiger partial charge is 0.319 e. The van der Waals surface area contributed by atoms with Gasteiger partial charge in [0, 0.05) is 23.2 Å². The van der Waals surface area contributed by atoms with Crippen molar-refractivity contribution in [3.63, 3.8) is 0 Å². The third-order valence-electron chi connectivity index (χ3n) is 6.47. The number of H-pyrrole nitrogens is 1. The molecule has 0 radical (unpaired) electrons. The molecule has 5 aromatic rings. The molecule has 3 heterocycles. The lowest BCUT2D eigenvalue weighted by molar-refractivity contribution is 0.630. The Labute approximate surface area is 198 Å². The number of para-hydroxylation sites is 1. The van der Waals surface area contributed by atoms with Gasteiger partial charge in [0.1, 0.15) is 5.52 Å². The average molecular weight is 455 g/mol. The van der Waals surface area contributed by atoms with Crippen LogP contribution in [0.1, 0.15) is 55.8 Å². The molecule has 0 unspecified atom stereocenters. The topological polar surface area (TPSA) is 81.4 Å². The van der Waals surface area contributed by atoms with Crippen molar-refractivity contribution in [3.8, 4) is 5.95 Å². The Morgan fingerprint density at radius 1 is 0.912 bits per heavy atom. The summed E-state index contributed by atoms with van der Waals surface area (Å²) in [5.41, 5.74) is 5.27. The molecule has 7 nitrogen and oxygen atoms in total. The van der Waals surface area contributed by atoms with Crippen LogP contribution in [0.2, 0.25) is 0 Å². The lowest BCUT2D eigenvalue weighted by atomic mass is 10.1. The van der Waals surface area contributed by atoms with Gasteiger partial charge in [-0.05, 0) is 31.4 Å². The zero-order chi connectivity index (χ0) is 23.5. The van der Waals surface area contributed by atoms with E-state index in [0.717, 1.165) is 52.6 Å². The van der Waals surface area contributed by atoms with Crippen molar-refractivity contribution in [2.45, 2.75) is 58.9 Å². The quantitative estimate of drug-likeness (QED) is 0.305. The van der Waals surface area contributed by atoms with E-state index in [0.29, 0.717) is 6.54 Å². The second-order valence-corrected chi connectivity index (χ2v) is 8.89. The summed E-state index contributed by atoms with van der Waals surface area (Å²) in [6, 6.07) is 18.4. The molecule has 0 spiro atoms. The van der Waals surface area contributed by atoms with Crippen LogP contribution in [0.25, 0.3) is 28.0 Å². The highest BCUT2D eigenvalue weighted by atomic mass is 16.1. The Kier molecular flexibility index (Phi) is 6.25. The number of rotatable bonds is 9. The maximum Gasteiger partial charge on any atom is 0.277 e. The summed E-state index contributed by atoms with van der Waals surface area (Å²) in [6.07, 6.45) is 6.58. The number of hydrogen-bond donors (Lipinski definition) is 1. The molecular formula is C27H30N6O. The van der Waals surface area contributed by atoms with Gasteiger partial charge in [0.15, 0.2) is 5.65 Å². The number of benzene rings is 2. The summed E-state index contributed by atoms with van der Waals surface area (Å²) < 4.78 is 3.58. The van der Waals surface area contributed by atoms with Crippen molar-refractivity contribution in [2.75, 3.05) is 0 Å². The predicted octanol–water partition coefficient (Wildman–Crippen LogP) is 5.33. The van der Waals surface area contributed by atoms with Crippen LogP contribution in [-0.2, 0) is 13.0 Å². The molecule has 3 aromatic heterocycles. The number of aromatic nitrogens is 6. The third kappa shape index (κ3) is 4.14. The van der Waals surface area contributed by atoms with Gasteiger partial charge in [0.05, 0.1) is 5.52 Å². The van der Waals surface area contributed by atoms with Crippen LogP contribution < -0.4 is 5.56 Å². The van der Waals surface area contributed by atoms with Crippen LogP contribution in [0.4, 0.5) is 0 Å². The molecule has 5 rings (SSSR count). The molecule has 7 heteroatoms. The Morgan fingerprint density at radius 3 is 2.50 bits per heavy atom. The summed E-state index contributed by atoms with van der Waals surface area (Å²) in [5, 5.41) is 13.0. The van der Waals surface area contributed by atoms with Crippen molar-refractivity contribution in [2.24, 2.45) is 0 Å². The van der Waals surface area contributed by atoms with E-state index >= 15 is 0 Å². The van der Waals surface area contributed by atoms with E-state index in [4.69, 9.17) is 4.98 Å². The minimum absolute atomic E-state index is 0.0835. The highest BCUT2D eigenvalue weighted by Crippen LogP contribution is 2.27. The molecule has 0 saturated heterocycles. The van der Waals surface area contributed by atoms with Gasteiger partial charge in [-0.25, -0.2) is 0 Å².